The molecule has 1 aliphatic heterocycles. The number of nitrogen functional groups attached to an aromatic ring is 1. The van der Waals surface area contributed by atoms with Crippen LogP contribution in [0.25, 0.3) is 10.9 Å². The van der Waals surface area contributed by atoms with Crippen LogP contribution in [0.3, 0.4) is 0 Å². The molecule has 1 saturated carbocycles. The number of nitrogens with two attached hydrogens (primary N) is 1. The third kappa shape index (κ3) is 3.00. The predicted molar refractivity (Wildman–Crippen MR) is 116 cm³/mol. The third-order valence-electron chi connectivity index (χ3n) is 6.35. The molecule has 1 fully saturated rings. The number of ether oxygens (including phenoxy) is 1. The van der Waals surface area contributed by atoms with Crippen molar-refractivity contribution in [3.63, 3.8) is 0 Å². The number of pyridine rings is 2. The Kier molecular flexibility index (Phi) is 4.54. The second-order valence-corrected chi connectivity index (χ2v) is 8.31. The molecule has 2 unspecified atom stereocenters. The van der Waals surface area contributed by atoms with Gasteiger partial charge in [-0.25, -0.2) is 4.39 Å². The SMILES string of the molecule is C[C@H]1COc2c(NC3CCC(c4ccccn4)C3)c(F)c(N)c3c(=O)c(C#N)cn1c23. The first kappa shape index (κ1) is 19.4. The van der Waals surface area contributed by atoms with E-state index in [-0.39, 0.29) is 40.2 Å². The van der Waals surface area contributed by atoms with Crippen LogP contribution in [0.4, 0.5) is 15.8 Å². The molecule has 5 rings (SSSR count). The largest absolute Gasteiger partial charge is 0.487 e. The molecular formula is C23H22FN5O2. The van der Waals surface area contributed by atoms with E-state index in [1.807, 2.05) is 31.2 Å². The van der Waals surface area contributed by atoms with Gasteiger partial charge in [0.05, 0.1) is 22.6 Å². The molecule has 31 heavy (non-hydrogen) atoms. The molecule has 0 saturated heterocycles. The number of hydrogen-bond donors (Lipinski definition) is 2. The molecule has 3 N–H and O–H groups in total. The Morgan fingerprint density at radius 1 is 1.39 bits per heavy atom. The van der Waals surface area contributed by atoms with Crippen molar-refractivity contribution in [3.05, 3.63) is 57.9 Å². The average molecular weight is 419 g/mol. The Morgan fingerprint density at radius 2 is 2.23 bits per heavy atom. The van der Waals surface area contributed by atoms with E-state index in [1.54, 1.807) is 10.8 Å². The lowest BCUT2D eigenvalue weighted by Gasteiger charge is -2.30. The van der Waals surface area contributed by atoms with Gasteiger partial charge in [0.1, 0.15) is 23.9 Å². The first-order chi connectivity index (χ1) is 15.0. The number of anilines is 2. The summed E-state index contributed by atoms with van der Waals surface area (Å²) in [6, 6.07) is 7.67. The monoisotopic (exact) mass is 419 g/mol. The third-order valence-corrected chi connectivity index (χ3v) is 6.35. The molecule has 3 atom stereocenters. The number of nitriles is 1. The Labute approximate surface area is 178 Å². The summed E-state index contributed by atoms with van der Waals surface area (Å²) in [5.74, 6) is -0.131. The number of hydrogen-bond acceptors (Lipinski definition) is 6. The molecule has 0 radical (unpaired) electrons. The second-order valence-electron chi connectivity index (χ2n) is 8.31. The van der Waals surface area contributed by atoms with Crippen LogP contribution in [0.5, 0.6) is 5.75 Å². The molecule has 7 nitrogen and oxygen atoms in total. The Morgan fingerprint density at radius 3 is 2.97 bits per heavy atom. The maximum Gasteiger partial charge on any atom is 0.209 e. The lowest BCUT2D eigenvalue weighted by molar-refractivity contribution is 0.247. The molecule has 3 aromatic rings. The van der Waals surface area contributed by atoms with Crippen LogP contribution in [0.1, 0.15) is 49.4 Å². The van der Waals surface area contributed by atoms with Gasteiger partial charge in [0.15, 0.2) is 11.6 Å². The van der Waals surface area contributed by atoms with Gasteiger partial charge in [-0.3, -0.25) is 9.78 Å². The summed E-state index contributed by atoms with van der Waals surface area (Å²) in [4.78, 5) is 17.2. The van der Waals surface area contributed by atoms with Gasteiger partial charge in [0.2, 0.25) is 5.43 Å². The van der Waals surface area contributed by atoms with Crippen molar-refractivity contribution in [3.8, 4) is 11.8 Å². The van der Waals surface area contributed by atoms with E-state index in [0.717, 1.165) is 25.0 Å². The summed E-state index contributed by atoms with van der Waals surface area (Å²) in [7, 11) is 0. The van der Waals surface area contributed by atoms with Crippen molar-refractivity contribution in [2.75, 3.05) is 17.7 Å². The molecule has 8 heteroatoms. The average Bonchev–Trinajstić information content (AvgIpc) is 3.25. The number of nitrogens with zero attached hydrogens (tertiary/aromatic N) is 3. The molecule has 0 bridgehead atoms. The molecule has 3 heterocycles. The van der Waals surface area contributed by atoms with Gasteiger partial charge in [0.25, 0.3) is 0 Å². The van der Waals surface area contributed by atoms with Crippen LogP contribution in [0.2, 0.25) is 0 Å². The van der Waals surface area contributed by atoms with E-state index in [4.69, 9.17) is 10.5 Å². The smallest absolute Gasteiger partial charge is 0.209 e. The predicted octanol–water partition coefficient (Wildman–Crippen LogP) is 3.69. The van der Waals surface area contributed by atoms with E-state index in [2.05, 4.69) is 10.3 Å². The molecule has 2 aromatic heterocycles. The molecule has 158 valence electrons. The van der Waals surface area contributed by atoms with Crippen molar-refractivity contribution in [2.45, 2.75) is 44.2 Å². The zero-order valence-electron chi connectivity index (χ0n) is 17.1. The molecule has 1 aliphatic carbocycles. The fraction of sp³-hybridized carbons (Fsp3) is 0.348. The van der Waals surface area contributed by atoms with E-state index < -0.39 is 11.2 Å². The van der Waals surface area contributed by atoms with Gasteiger partial charge in [-0.2, -0.15) is 5.26 Å². The van der Waals surface area contributed by atoms with Gasteiger partial charge >= 0.3 is 0 Å². The summed E-state index contributed by atoms with van der Waals surface area (Å²) in [5.41, 5.74) is 6.85. The number of nitrogens with one attached hydrogen (secondary N) is 1. The lowest BCUT2D eigenvalue weighted by atomic mass is 10.0. The fourth-order valence-electron chi connectivity index (χ4n) is 4.76. The Balaban J connectivity index is 1.59. The van der Waals surface area contributed by atoms with Crippen LogP contribution in [0, 0.1) is 17.1 Å². The number of aromatic nitrogens is 2. The van der Waals surface area contributed by atoms with Crippen molar-refractivity contribution < 1.29 is 9.13 Å². The topological polar surface area (TPSA) is 106 Å². The molecule has 0 spiro atoms. The van der Waals surface area contributed by atoms with Crippen LogP contribution < -0.4 is 21.2 Å². The number of halogens is 1. The minimum atomic E-state index is -0.711. The van der Waals surface area contributed by atoms with Crippen LogP contribution in [0.15, 0.2) is 35.4 Å². The maximum atomic E-state index is 15.4. The Hall–Kier alpha value is -3.60. The molecule has 0 amide bonds. The summed E-state index contributed by atoms with van der Waals surface area (Å²) >= 11 is 0. The first-order valence-electron chi connectivity index (χ1n) is 10.4. The van der Waals surface area contributed by atoms with Crippen molar-refractivity contribution in [1.29, 1.82) is 5.26 Å². The maximum absolute atomic E-state index is 15.4. The standard InChI is InChI=1S/C23H22FN5O2/c1-12-11-31-23-20(28-15-6-5-13(8-15)16-4-2-3-7-27-16)18(24)19(26)17-21(23)29(12)10-14(9-25)22(17)30/h2-4,7,10,12-13,15,28H,5-6,8,11,26H2,1H3/t12-,13?,15?/m0/s1. The van der Waals surface area contributed by atoms with Gasteiger partial charge in [-0.1, -0.05) is 6.07 Å². The van der Waals surface area contributed by atoms with Gasteiger partial charge in [0, 0.05) is 30.0 Å². The zero-order chi connectivity index (χ0) is 21.7. The lowest BCUT2D eigenvalue weighted by Crippen LogP contribution is -2.27. The summed E-state index contributed by atoms with van der Waals surface area (Å²) in [5, 5.41) is 12.6. The van der Waals surface area contributed by atoms with E-state index in [0.29, 0.717) is 18.0 Å². The quantitative estimate of drug-likeness (QED) is 0.627. The van der Waals surface area contributed by atoms with Crippen molar-refractivity contribution >= 4 is 22.3 Å². The summed E-state index contributed by atoms with van der Waals surface area (Å²) in [6.07, 6.45) is 5.91. The van der Waals surface area contributed by atoms with Crippen LogP contribution in [-0.2, 0) is 0 Å². The van der Waals surface area contributed by atoms with Crippen LogP contribution in [-0.4, -0.2) is 22.2 Å². The fourth-order valence-corrected chi connectivity index (χ4v) is 4.76. The highest BCUT2D eigenvalue weighted by atomic mass is 19.1. The normalized spacial score (nSPS) is 22.2. The number of benzene rings is 1. The van der Waals surface area contributed by atoms with Crippen molar-refractivity contribution in [2.24, 2.45) is 0 Å². The molecular weight excluding hydrogens is 397 g/mol. The molecule has 2 aliphatic rings. The van der Waals surface area contributed by atoms with Gasteiger partial charge in [-0.05, 0) is 38.3 Å². The van der Waals surface area contributed by atoms with E-state index >= 15 is 4.39 Å². The van der Waals surface area contributed by atoms with Crippen LogP contribution >= 0.6 is 0 Å². The van der Waals surface area contributed by atoms with Gasteiger partial charge < -0.3 is 20.4 Å². The zero-order valence-corrected chi connectivity index (χ0v) is 17.1. The minimum Gasteiger partial charge on any atom is -0.487 e. The second kappa shape index (κ2) is 7.27. The first-order valence-corrected chi connectivity index (χ1v) is 10.4. The summed E-state index contributed by atoms with van der Waals surface area (Å²) < 4.78 is 23.1. The minimum absolute atomic E-state index is 0.00133. The van der Waals surface area contributed by atoms with Crippen molar-refractivity contribution in [1.82, 2.24) is 9.55 Å². The van der Waals surface area contributed by atoms with E-state index in [9.17, 15) is 10.1 Å². The highest BCUT2D eigenvalue weighted by molar-refractivity contribution is 6.00. The highest BCUT2D eigenvalue weighted by Crippen LogP contribution is 2.45. The molecule has 1 aromatic carbocycles. The van der Waals surface area contributed by atoms with E-state index in [1.165, 1.54) is 6.20 Å². The summed E-state index contributed by atoms with van der Waals surface area (Å²) in [6.45, 7) is 2.21. The number of rotatable bonds is 3. The van der Waals surface area contributed by atoms with Gasteiger partial charge in [-0.15, -0.1) is 0 Å². The Bertz CT molecular complexity index is 1280. The highest BCUT2D eigenvalue weighted by Gasteiger charge is 2.32.